The first-order valence-electron chi connectivity index (χ1n) is 8.39. The summed E-state index contributed by atoms with van der Waals surface area (Å²) in [7, 11) is 0. The van der Waals surface area contributed by atoms with E-state index in [9.17, 15) is 18.4 Å². The molecule has 2 N–H and O–H groups in total. The van der Waals surface area contributed by atoms with Gasteiger partial charge in [0.1, 0.15) is 11.6 Å². The third-order valence-corrected chi connectivity index (χ3v) is 7.27. The van der Waals surface area contributed by atoms with Crippen LogP contribution < -0.4 is 10.6 Å². The van der Waals surface area contributed by atoms with Gasteiger partial charge < -0.3 is 10.6 Å². The summed E-state index contributed by atoms with van der Waals surface area (Å²) in [6.45, 7) is 0. The number of nitrogens with zero attached hydrogens (tertiary/aromatic N) is 2. The van der Waals surface area contributed by atoms with Crippen LogP contribution in [0.5, 0.6) is 0 Å². The van der Waals surface area contributed by atoms with Gasteiger partial charge in [0, 0.05) is 0 Å². The number of hydrogen-bond donors (Lipinski definition) is 2. The fourth-order valence-electron chi connectivity index (χ4n) is 2.12. The van der Waals surface area contributed by atoms with E-state index in [-0.39, 0.29) is 33.4 Å². The second kappa shape index (κ2) is 11.1. The van der Waals surface area contributed by atoms with Gasteiger partial charge in [0.05, 0.1) is 32.9 Å². The number of hydrogen-bond acceptors (Lipinski definition) is 7. The van der Waals surface area contributed by atoms with E-state index in [0.717, 1.165) is 12.1 Å². The molecule has 0 aliphatic rings. The van der Waals surface area contributed by atoms with E-state index in [4.69, 9.17) is 23.2 Å². The minimum atomic E-state index is -0.495. The van der Waals surface area contributed by atoms with Gasteiger partial charge in [-0.1, -0.05) is 58.1 Å². The summed E-state index contributed by atoms with van der Waals surface area (Å²) < 4.78 is 27.2. The number of aromatic nitrogens is 2. The monoisotopic (exact) mass is 520 g/mol. The summed E-state index contributed by atoms with van der Waals surface area (Å²) in [5, 5.41) is 13.3. The molecule has 162 valence electrons. The third kappa shape index (κ3) is 7.32. The van der Waals surface area contributed by atoms with E-state index in [0.29, 0.717) is 20.1 Å². The fraction of sp³-hybridized carbons (Fsp3) is 0.111. The molecule has 0 saturated heterocycles. The van der Waals surface area contributed by atoms with Crippen molar-refractivity contribution in [2.75, 3.05) is 22.1 Å². The maximum atomic E-state index is 13.0. The van der Waals surface area contributed by atoms with Crippen molar-refractivity contribution < 1.29 is 18.4 Å². The molecule has 0 bridgehead atoms. The average Bonchev–Trinajstić information content (AvgIpc) is 3.17. The Morgan fingerprint density at radius 3 is 1.65 bits per heavy atom. The van der Waals surface area contributed by atoms with Gasteiger partial charge in [0.2, 0.25) is 11.8 Å². The Hall–Kier alpha value is -1.92. The first-order chi connectivity index (χ1) is 14.8. The summed E-state index contributed by atoms with van der Waals surface area (Å²) in [6.07, 6.45) is 0. The maximum Gasteiger partial charge on any atom is 0.234 e. The number of benzene rings is 2. The molecule has 31 heavy (non-hydrogen) atoms. The normalized spacial score (nSPS) is 10.7. The molecule has 13 heteroatoms. The topological polar surface area (TPSA) is 84.0 Å². The molecule has 0 atom stereocenters. The lowest BCUT2D eigenvalue weighted by Crippen LogP contribution is -2.14. The smallest absolute Gasteiger partial charge is 0.234 e. The average molecular weight is 521 g/mol. The predicted molar refractivity (Wildman–Crippen MR) is 121 cm³/mol. The molecule has 3 rings (SSSR count). The Bertz CT molecular complexity index is 1030. The van der Waals surface area contributed by atoms with E-state index in [1.165, 1.54) is 59.1 Å². The second-order valence-electron chi connectivity index (χ2n) is 5.76. The first-order valence-corrected chi connectivity index (χ1v) is 11.9. The van der Waals surface area contributed by atoms with Crippen molar-refractivity contribution in [3.63, 3.8) is 0 Å². The molecule has 0 fully saturated rings. The number of carbonyl (C=O) groups excluding carboxylic acids is 2. The van der Waals surface area contributed by atoms with Crippen molar-refractivity contribution in [3.8, 4) is 0 Å². The van der Waals surface area contributed by atoms with Crippen LogP contribution in [0.15, 0.2) is 45.1 Å². The van der Waals surface area contributed by atoms with Gasteiger partial charge in [-0.25, -0.2) is 8.78 Å². The number of amides is 2. The summed E-state index contributed by atoms with van der Waals surface area (Å²) >= 11 is 15.3. The molecule has 1 heterocycles. The highest BCUT2D eigenvalue weighted by Crippen LogP contribution is 2.30. The zero-order valence-corrected chi connectivity index (χ0v) is 19.3. The van der Waals surface area contributed by atoms with Gasteiger partial charge in [-0.05, 0) is 36.4 Å². The van der Waals surface area contributed by atoms with E-state index < -0.39 is 11.6 Å². The van der Waals surface area contributed by atoms with Gasteiger partial charge >= 0.3 is 0 Å². The molecule has 0 radical (unpaired) electrons. The molecule has 0 aliphatic heterocycles. The van der Waals surface area contributed by atoms with Crippen LogP contribution in [0.2, 0.25) is 10.0 Å². The minimum Gasteiger partial charge on any atom is -0.324 e. The largest absolute Gasteiger partial charge is 0.324 e. The molecule has 6 nitrogen and oxygen atoms in total. The maximum absolute atomic E-state index is 13.0. The quantitative estimate of drug-likeness (QED) is 0.377. The van der Waals surface area contributed by atoms with Gasteiger partial charge in [0.25, 0.3) is 0 Å². The lowest BCUT2D eigenvalue weighted by Gasteiger charge is -2.06. The molecule has 0 saturated carbocycles. The zero-order chi connectivity index (χ0) is 22.4. The van der Waals surface area contributed by atoms with Crippen LogP contribution in [0, 0.1) is 11.6 Å². The van der Waals surface area contributed by atoms with E-state index >= 15 is 0 Å². The molecular formula is C18H12Cl2F2N4O2S3. The number of thioether (sulfide) groups is 2. The van der Waals surface area contributed by atoms with Crippen LogP contribution in [-0.2, 0) is 9.59 Å². The molecule has 2 aromatic carbocycles. The summed E-state index contributed by atoms with van der Waals surface area (Å²) in [5.74, 6) is -1.55. The lowest BCUT2D eigenvalue weighted by molar-refractivity contribution is -0.114. The van der Waals surface area contributed by atoms with Gasteiger partial charge in [-0.2, -0.15) is 0 Å². The molecular weight excluding hydrogens is 509 g/mol. The SMILES string of the molecule is O=C(CSc1nnc(SCC(=O)Nc2ccc(F)cc2Cl)s1)Nc1ccc(F)cc1Cl. The Morgan fingerprint density at radius 1 is 0.839 bits per heavy atom. The molecule has 2 amide bonds. The van der Waals surface area contributed by atoms with Crippen LogP contribution in [0.25, 0.3) is 0 Å². The predicted octanol–water partition coefficient (Wildman–Crippen LogP) is 5.58. The van der Waals surface area contributed by atoms with Crippen molar-refractivity contribution in [1.82, 2.24) is 10.2 Å². The van der Waals surface area contributed by atoms with Gasteiger partial charge in [0.15, 0.2) is 8.68 Å². The highest BCUT2D eigenvalue weighted by Gasteiger charge is 2.13. The highest BCUT2D eigenvalue weighted by molar-refractivity contribution is 8.03. The van der Waals surface area contributed by atoms with Crippen molar-refractivity contribution >= 4 is 81.3 Å². The summed E-state index contributed by atoms with van der Waals surface area (Å²) in [5.41, 5.74) is 0.629. The summed E-state index contributed by atoms with van der Waals surface area (Å²) in [6, 6.07) is 7.37. The Morgan fingerprint density at radius 2 is 1.26 bits per heavy atom. The van der Waals surface area contributed by atoms with E-state index in [1.54, 1.807) is 0 Å². The van der Waals surface area contributed by atoms with Crippen molar-refractivity contribution in [1.29, 1.82) is 0 Å². The second-order valence-corrected chi connectivity index (χ2v) is 9.99. The van der Waals surface area contributed by atoms with Crippen molar-refractivity contribution in [3.05, 3.63) is 58.1 Å². The molecule has 0 aliphatic carbocycles. The first kappa shape index (κ1) is 23.7. The summed E-state index contributed by atoms with van der Waals surface area (Å²) in [4.78, 5) is 24.1. The number of rotatable bonds is 8. The van der Waals surface area contributed by atoms with Crippen molar-refractivity contribution in [2.24, 2.45) is 0 Å². The Balaban J connectivity index is 1.44. The zero-order valence-electron chi connectivity index (χ0n) is 15.3. The van der Waals surface area contributed by atoms with Crippen molar-refractivity contribution in [2.45, 2.75) is 8.68 Å². The number of halogens is 4. The highest BCUT2D eigenvalue weighted by atomic mass is 35.5. The third-order valence-electron chi connectivity index (χ3n) is 3.45. The molecule has 0 spiro atoms. The van der Waals surface area contributed by atoms with E-state index in [2.05, 4.69) is 20.8 Å². The van der Waals surface area contributed by atoms with Crippen LogP contribution in [-0.4, -0.2) is 33.5 Å². The number of anilines is 2. The number of nitrogens with one attached hydrogen (secondary N) is 2. The van der Waals surface area contributed by atoms with Crippen LogP contribution in [0.1, 0.15) is 0 Å². The fourth-order valence-corrected chi connectivity index (χ4v) is 5.17. The molecule has 0 unspecified atom stereocenters. The van der Waals surface area contributed by atoms with Gasteiger partial charge in [-0.15, -0.1) is 10.2 Å². The van der Waals surface area contributed by atoms with Crippen LogP contribution in [0.3, 0.4) is 0 Å². The minimum absolute atomic E-state index is 0.0521. The van der Waals surface area contributed by atoms with Crippen LogP contribution >= 0.6 is 58.1 Å². The lowest BCUT2D eigenvalue weighted by atomic mass is 10.3. The standard InChI is InChI=1S/C18H12Cl2F2N4O2S3/c19-11-5-9(21)1-3-13(11)23-15(27)7-29-17-25-26-18(31-17)30-8-16(28)24-14-4-2-10(22)6-12(14)20/h1-6H,7-8H2,(H,23,27)(H,24,28). The van der Waals surface area contributed by atoms with Crippen LogP contribution in [0.4, 0.5) is 20.2 Å². The van der Waals surface area contributed by atoms with Gasteiger partial charge in [-0.3, -0.25) is 9.59 Å². The van der Waals surface area contributed by atoms with E-state index in [1.807, 2.05) is 0 Å². The Kier molecular flexibility index (Phi) is 8.50. The Labute approximate surface area is 198 Å². The molecule has 1 aromatic heterocycles. The molecule has 3 aromatic rings. The number of carbonyl (C=O) groups is 2.